The summed E-state index contributed by atoms with van der Waals surface area (Å²) in [5, 5.41) is 6.63. The zero-order valence-electron chi connectivity index (χ0n) is 9.36. The Morgan fingerprint density at radius 2 is 2.59 bits per heavy atom. The van der Waals surface area contributed by atoms with E-state index in [1.165, 1.54) is 6.08 Å². The molecule has 1 aliphatic rings. The number of hydrogen-bond acceptors (Lipinski definition) is 2. The summed E-state index contributed by atoms with van der Waals surface area (Å²) in [6.07, 6.45) is 5.92. The molecule has 0 spiro atoms. The lowest BCUT2D eigenvalue weighted by Crippen LogP contribution is -2.08. The molecule has 4 nitrogen and oxygen atoms in total. The highest BCUT2D eigenvalue weighted by atomic mass is 79.9. The molecule has 0 aliphatic heterocycles. The van der Waals surface area contributed by atoms with E-state index in [1.807, 2.05) is 0 Å². The van der Waals surface area contributed by atoms with Crippen molar-refractivity contribution in [2.45, 2.75) is 17.4 Å². The predicted molar refractivity (Wildman–Crippen MR) is 66.5 cm³/mol. The molecular weight excluding hydrogens is 289 g/mol. The Balaban J connectivity index is 1.76. The second-order valence-corrected chi connectivity index (χ2v) is 5.48. The van der Waals surface area contributed by atoms with Gasteiger partial charge in [0.25, 0.3) is 0 Å². The maximum Gasteiger partial charge on any atom is 0.249 e. The zero-order valence-corrected chi connectivity index (χ0v) is 10.9. The summed E-state index contributed by atoms with van der Waals surface area (Å²) in [5.74, 6) is 0.249. The van der Waals surface area contributed by atoms with Gasteiger partial charge in [0, 0.05) is 25.2 Å². The fourth-order valence-corrected chi connectivity index (χ4v) is 2.09. The van der Waals surface area contributed by atoms with Crippen LogP contribution in [-0.2, 0) is 11.8 Å². The molecule has 1 aromatic rings. The molecule has 1 amide bonds. The summed E-state index contributed by atoms with van der Waals surface area (Å²) in [4.78, 5) is 11.4. The number of aromatic nitrogens is 2. The van der Waals surface area contributed by atoms with Gasteiger partial charge in [0.05, 0.1) is 0 Å². The largest absolute Gasteiger partial charge is 0.306 e. The molecule has 1 heterocycles. The second kappa shape index (κ2) is 4.60. The van der Waals surface area contributed by atoms with Crippen molar-refractivity contribution >= 4 is 27.7 Å². The average molecular weight is 302 g/mol. The Hall–Kier alpha value is -1.17. The molecule has 17 heavy (non-hydrogen) atoms. The van der Waals surface area contributed by atoms with Gasteiger partial charge in [-0.3, -0.25) is 9.48 Å². The smallest absolute Gasteiger partial charge is 0.249 e. The molecule has 1 aromatic heterocycles. The number of carbonyl (C=O) groups excluding carboxylic acids is 1. The van der Waals surface area contributed by atoms with Crippen LogP contribution in [0, 0.1) is 5.92 Å². The molecule has 6 heteroatoms. The summed E-state index contributed by atoms with van der Waals surface area (Å²) in [6, 6.07) is 1.71. The van der Waals surface area contributed by atoms with Gasteiger partial charge in [-0.05, 0) is 34.8 Å². The van der Waals surface area contributed by atoms with E-state index in [2.05, 4.69) is 26.3 Å². The summed E-state index contributed by atoms with van der Waals surface area (Å²) in [7, 11) is 1.77. The van der Waals surface area contributed by atoms with Crippen LogP contribution in [0.3, 0.4) is 0 Å². The van der Waals surface area contributed by atoms with Gasteiger partial charge < -0.3 is 5.32 Å². The normalized spacial score (nSPS) is 27.4. The molecule has 2 rings (SSSR count). The lowest BCUT2D eigenvalue weighted by Gasteiger charge is -1.96. The summed E-state index contributed by atoms with van der Waals surface area (Å²) < 4.78 is 13.5. The van der Waals surface area contributed by atoms with Crippen molar-refractivity contribution in [1.29, 1.82) is 0 Å². The van der Waals surface area contributed by atoms with E-state index < -0.39 is 4.58 Å². The van der Waals surface area contributed by atoms with Crippen LogP contribution in [0.15, 0.2) is 24.4 Å². The summed E-state index contributed by atoms with van der Waals surface area (Å²) in [6.45, 7) is 0. The Morgan fingerprint density at radius 1 is 1.88 bits per heavy atom. The summed E-state index contributed by atoms with van der Waals surface area (Å²) in [5.41, 5.74) is 0. The van der Waals surface area contributed by atoms with Crippen molar-refractivity contribution in [3.05, 3.63) is 24.4 Å². The van der Waals surface area contributed by atoms with Crippen LogP contribution < -0.4 is 5.32 Å². The summed E-state index contributed by atoms with van der Waals surface area (Å²) >= 11 is 2.96. The van der Waals surface area contributed by atoms with Gasteiger partial charge in [-0.15, -0.1) is 0 Å². The number of carbonyl (C=O) groups is 1. The number of anilines is 1. The van der Waals surface area contributed by atoms with E-state index in [1.54, 1.807) is 30.1 Å². The molecule has 1 aliphatic carbocycles. The maximum absolute atomic E-state index is 13.1. The van der Waals surface area contributed by atoms with Crippen LogP contribution in [0.5, 0.6) is 0 Å². The third kappa shape index (κ3) is 3.39. The molecule has 1 fully saturated rings. The van der Waals surface area contributed by atoms with Crippen LogP contribution in [0.4, 0.5) is 10.2 Å². The number of rotatable bonds is 4. The van der Waals surface area contributed by atoms with Crippen LogP contribution >= 0.6 is 15.9 Å². The highest BCUT2D eigenvalue weighted by Crippen LogP contribution is 2.54. The molecular formula is C11H13BrFN3O. The molecule has 0 aromatic carbocycles. The van der Waals surface area contributed by atoms with Crippen LogP contribution in [0.2, 0.25) is 0 Å². The standard InChI is InChI=1S/C11H13BrFN3O/c1-16-6-5-9(15-16)14-10(17)4-2-3-8-7-11(8,12)13/h2,4-6,8H,3,7H2,1H3,(H,14,15,17)/b4-2+. The molecule has 92 valence electrons. The van der Waals surface area contributed by atoms with Crippen molar-refractivity contribution in [3.63, 3.8) is 0 Å². The number of nitrogens with zero attached hydrogens (tertiary/aromatic N) is 2. The molecule has 2 unspecified atom stereocenters. The van der Waals surface area contributed by atoms with Crippen molar-refractivity contribution < 1.29 is 9.18 Å². The molecule has 1 N–H and O–H groups in total. The van der Waals surface area contributed by atoms with E-state index in [0.29, 0.717) is 18.7 Å². The monoisotopic (exact) mass is 301 g/mol. The highest BCUT2D eigenvalue weighted by Gasteiger charge is 2.52. The topological polar surface area (TPSA) is 46.9 Å². The van der Waals surface area contributed by atoms with Crippen molar-refractivity contribution in [2.75, 3.05) is 5.32 Å². The predicted octanol–water partition coefficient (Wildman–Crippen LogP) is 2.39. The SMILES string of the molecule is Cn1ccc(NC(=O)/C=C/CC2CC2(F)Br)n1. The van der Waals surface area contributed by atoms with E-state index in [-0.39, 0.29) is 11.8 Å². The Labute approximate surface area is 107 Å². The first-order chi connectivity index (χ1) is 7.97. The van der Waals surface area contributed by atoms with Gasteiger partial charge in [0.15, 0.2) is 10.4 Å². The minimum atomic E-state index is -1.21. The first-order valence-electron chi connectivity index (χ1n) is 5.32. The van der Waals surface area contributed by atoms with E-state index >= 15 is 0 Å². The minimum absolute atomic E-state index is 0.0126. The zero-order chi connectivity index (χ0) is 12.5. The van der Waals surface area contributed by atoms with Crippen molar-refractivity contribution in [2.24, 2.45) is 13.0 Å². The fourth-order valence-electron chi connectivity index (χ4n) is 1.51. The lowest BCUT2D eigenvalue weighted by molar-refractivity contribution is -0.111. The van der Waals surface area contributed by atoms with Crippen LogP contribution in [0.1, 0.15) is 12.8 Å². The van der Waals surface area contributed by atoms with Crippen LogP contribution in [-0.4, -0.2) is 20.3 Å². The van der Waals surface area contributed by atoms with Gasteiger partial charge in [0.2, 0.25) is 5.91 Å². The highest BCUT2D eigenvalue weighted by molar-refractivity contribution is 9.10. The molecule has 0 saturated heterocycles. The second-order valence-electron chi connectivity index (χ2n) is 4.16. The molecule has 0 bridgehead atoms. The first-order valence-corrected chi connectivity index (χ1v) is 6.12. The number of hydrogen-bond donors (Lipinski definition) is 1. The van der Waals surface area contributed by atoms with Gasteiger partial charge in [-0.2, -0.15) is 5.10 Å². The number of halogens is 2. The number of aryl methyl sites for hydroxylation is 1. The van der Waals surface area contributed by atoms with Gasteiger partial charge in [-0.25, -0.2) is 4.39 Å². The maximum atomic E-state index is 13.1. The fraction of sp³-hybridized carbons (Fsp3) is 0.455. The first kappa shape index (κ1) is 12.3. The molecule has 0 radical (unpaired) electrons. The van der Waals surface area contributed by atoms with E-state index in [0.717, 1.165) is 0 Å². The van der Waals surface area contributed by atoms with Gasteiger partial charge in [-0.1, -0.05) is 6.08 Å². The van der Waals surface area contributed by atoms with E-state index in [4.69, 9.17) is 0 Å². The quantitative estimate of drug-likeness (QED) is 0.686. The lowest BCUT2D eigenvalue weighted by atomic mass is 10.2. The number of amides is 1. The van der Waals surface area contributed by atoms with Crippen molar-refractivity contribution in [1.82, 2.24) is 9.78 Å². The van der Waals surface area contributed by atoms with Crippen molar-refractivity contribution in [3.8, 4) is 0 Å². The van der Waals surface area contributed by atoms with Crippen LogP contribution in [0.25, 0.3) is 0 Å². The molecule has 1 saturated carbocycles. The third-order valence-electron chi connectivity index (χ3n) is 2.61. The van der Waals surface area contributed by atoms with Gasteiger partial charge >= 0.3 is 0 Å². The Morgan fingerprint density at radius 3 is 3.12 bits per heavy atom. The Kier molecular flexibility index (Phi) is 3.33. The number of allylic oxidation sites excluding steroid dienone is 1. The number of alkyl halides is 2. The number of nitrogens with one attached hydrogen (secondary N) is 1. The Bertz CT molecular complexity index is 455. The average Bonchev–Trinajstić information content (AvgIpc) is 2.64. The molecule has 2 atom stereocenters. The van der Waals surface area contributed by atoms with E-state index in [9.17, 15) is 9.18 Å². The minimum Gasteiger partial charge on any atom is -0.306 e. The van der Waals surface area contributed by atoms with Gasteiger partial charge in [0.1, 0.15) is 0 Å². The third-order valence-corrected chi connectivity index (χ3v) is 3.58.